The molecule has 3 nitrogen and oxygen atoms in total. The van der Waals surface area contributed by atoms with Crippen LogP contribution in [0.1, 0.15) is 32.6 Å². The molecule has 1 aliphatic carbocycles. The molecule has 0 aromatic heterocycles. The molecule has 0 saturated carbocycles. The highest BCUT2D eigenvalue weighted by molar-refractivity contribution is 5.37. The van der Waals surface area contributed by atoms with Crippen LogP contribution in [0.4, 0.5) is 4.39 Å². The second-order valence-corrected chi connectivity index (χ2v) is 5.19. The maximum Gasteiger partial charge on any atom is 0.112 e. The Hall–Kier alpha value is -1.34. The number of alkyl halides is 1. The zero-order valence-electron chi connectivity index (χ0n) is 10.1. The molecule has 0 spiro atoms. The molecular formula is C13H18FN3. The van der Waals surface area contributed by atoms with Gasteiger partial charge in [-0.1, -0.05) is 6.08 Å². The van der Waals surface area contributed by atoms with Gasteiger partial charge in [0.05, 0.1) is 12.1 Å². The van der Waals surface area contributed by atoms with Crippen LogP contribution in [0.2, 0.25) is 0 Å². The predicted molar refractivity (Wildman–Crippen MR) is 64.7 cm³/mol. The van der Waals surface area contributed by atoms with Crippen molar-refractivity contribution in [3.63, 3.8) is 0 Å². The van der Waals surface area contributed by atoms with Crippen LogP contribution >= 0.6 is 0 Å². The third-order valence-electron chi connectivity index (χ3n) is 3.40. The molecule has 0 radical (unpaired) electrons. The third-order valence-corrected chi connectivity index (χ3v) is 3.40. The van der Waals surface area contributed by atoms with E-state index in [2.05, 4.69) is 5.32 Å². The van der Waals surface area contributed by atoms with Crippen molar-refractivity contribution in [1.82, 2.24) is 5.32 Å². The van der Waals surface area contributed by atoms with Crippen LogP contribution in [0.3, 0.4) is 0 Å². The first-order chi connectivity index (χ1) is 8.00. The zero-order chi connectivity index (χ0) is 12.5. The summed E-state index contributed by atoms with van der Waals surface area (Å²) >= 11 is 0. The fourth-order valence-electron chi connectivity index (χ4n) is 2.46. The molecule has 4 heteroatoms. The van der Waals surface area contributed by atoms with Gasteiger partial charge in [0.1, 0.15) is 5.67 Å². The van der Waals surface area contributed by atoms with Crippen molar-refractivity contribution in [2.24, 2.45) is 5.73 Å². The number of nitrogens with two attached hydrogens (primary N) is 1. The van der Waals surface area contributed by atoms with E-state index in [1.54, 1.807) is 6.92 Å². The number of rotatable bonds is 2. The largest absolute Gasteiger partial charge is 0.384 e. The van der Waals surface area contributed by atoms with Crippen molar-refractivity contribution >= 4 is 0 Å². The number of hydrogen-bond acceptors (Lipinski definition) is 3. The highest BCUT2D eigenvalue weighted by Gasteiger charge is 2.31. The minimum Gasteiger partial charge on any atom is -0.384 e. The lowest BCUT2D eigenvalue weighted by Crippen LogP contribution is -2.32. The first-order valence-corrected chi connectivity index (χ1v) is 6.00. The van der Waals surface area contributed by atoms with E-state index < -0.39 is 11.7 Å². The molecular weight excluding hydrogens is 217 g/mol. The molecule has 17 heavy (non-hydrogen) atoms. The fraction of sp³-hybridized carbons (Fsp3) is 0.615. The number of nitrogens with one attached hydrogen (secondary N) is 1. The van der Waals surface area contributed by atoms with Crippen LogP contribution in [0.15, 0.2) is 22.9 Å². The molecule has 92 valence electrons. The first-order valence-electron chi connectivity index (χ1n) is 6.00. The van der Waals surface area contributed by atoms with Crippen molar-refractivity contribution in [2.45, 2.75) is 44.3 Å². The van der Waals surface area contributed by atoms with Gasteiger partial charge in [0.15, 0.2) is 0 Å². The van der Waals surface area contributed by atoms with Crippen LogP contribution in [-0.4, -0.2) is 18.3 Å². The molecule has 2 aliphatic rings. The topological polar surface area (TPSA) is 61.8 Å². The summed E-state index contributed by atoms with van der Waals surface area (Å²) < 4.78 is 13.9. The van der Waals surface area contributed by atoms with Crippen LogP contribution in [0, 0.1) is 11.3 Å². The van der Waals surface area contributed by atoms with Crippen LogP contribution in [-0.2, 0) is 0 Å². The van der Waals surface area contributed by atoms with Crippen molar-refractivity contribution in [3.8, 4) is 6.07 Å². The average Bonchev–Trinajstić information content (AvgIpc) is 2.27. The first kappa shape index (κ1) is 12.1. The summed E-state index contributed by atoms with van der Waals surface area (Å²) in [5, 5.41) is 12.0. The smallest absolute Gasteiger partial charge is 0.112 e. The summed E-state index contributed by atoms with van der Waals surface area (Å²) in [5.74, 6) is 0. The van der Waals surface area contributed by atoms with E-state index in [0.29, 0.717) is 19.3 Å². The highest BCUT2D eigenvalue weighted by atomic mass is 19.1. The third kappa shape index (κ3) is 2.86. The molecule has 2 atom stereocenters. The van der Waals surface area contributed by atoms with Gasteiger partial charge in [-0.05, 0) is 37.3 Å². The van der Waals surface area contributed by atoms with Crippen molar-refractivity contribution in [2.75, 3.05) is 6.54 Å². The molecule has 1 aliphatic heterocycles. The number of allylic oxidation sites excluding steroid dienone is 3. The summed E-state index contributed by atoms with van der Waals surface area (Å²) in [6, 6.07) is 1.55. The van der Waals surface area contributed by atoms with Gasteiger partial charge in [0, 0.05) is 18.7 Å². The van der Waals surface area contributed by atoms with Crippen molar-refractivity contribution < 1.29 is 4.39 Å². The molecule has 0 aromatic carbocycles. The van der Waals surface area contributed by atoms with E-state index in [-0.39, 0.29) is 0 Å². The van der Waals surface area contributed by atoms with E-state index in [4.69, 9.17) is 11.0 Å². The Labute approximate surface area is 101 Å². The minimum atomic E-state index is -1.10. The van der Waals surface area contributed by atoms with Gasteiger partial charge in [-0.2, -0.15) is 5.26 Å². The summed E-state index contributed by atoms with van der Waals surface area (Å²) in [7, 11) is 0. The van der Waals surface area contributed by atoms with Gasteiger partial charge in [0.2, 0.25) is 0 Å². The van der Waals surface area contributed by atoms with Crippen LogP contribution in [0.5, 0.6) is 0 Å². The second kappa shape index (κ2) is 4.50. The lowest BCUT2D eigenvalue weighted by molar-refractivity contribution is 0.165. The van der Waals surface area contributed by atoms with E-state index >= 15 is 0 Å². The van der Waals surface area contributed by atoms with Crippen LogP contribution < -0.4 is 11.1 Å². The van der Waals surface area contributed by atoms with Gasteiger partial charge in [-0.15, -0.1) is 0 Å². The van der Waals surface area contributed by atoms with E-state index in [0.717, 1.165) is 29.8 Å². The summed E-state index contributed by atoms with van der Waals surface area (Å²) in [5.41, 5.74) is 7.81. The normalized spacial score (nSPS) is 29.9. The SMILES string of the molecule is CC1(F)CCC2=C(C=C(CC(N)C#N)CN2)C1. The molecule has 1 heterocycles. The maximum absolute atomic E-state index is 13.9. The Morgan fingerprint density at radius 1 is 1.71 bits per heavy atom. The quantitative estimate of drug-likeness (QED) is 0.768. The lowest BCUT2D eigenvalue weighted by Gasteiger charge is -2.32. The molecule has 0 aromatic rings. The van der Waals surface area contributed by atoms with Gasteiger partial charge in [0.25, 0.3) is 0 Å². The summed E-state index contributed by atoms with van der Waals surface area (Å²) in [4.78, 5) is 0. The number of halogens is 1. The average molecular weight is 235 g/mol. The summed E-state index contributed by atoms with van der Waals surface area (Å²) in [6.45, 7) is 2.39. The predicted octanol–water partition coefficient (Wildman–Crippen LogP) is 1.92. The van der Waals surface area contributed by atoms with Crippen LogP contribution in [0.25, 0.3) is 0 Å². The number of nitrogens with zero attached hydrogens (tertiary/aromatic N) is 1. The monoisotopic (exact) mass is 235 g/mol. The van der Waals surface area contributed by atoms with Gasteiger partial charge in [-0.3, -0.25) is 0 Å². The molecule has 2 rings (SSSR count). The second-order valence-electron chi connectivity index (χ2n) is 5.19. The Morgan fingerprint density at radius 3 is 3.18 bits per heavy atom. The van der Waals surface area contributed by atoms with E-state index in [1.165, 1.54) is 0 Å². The molecule has 0 amide bonds. The lowest BCUT2D eigenvalue weighted by atomic mass is 9.83. The number of hydrogen-bond donors (Lipinski definition) is 2. The summed E-state index contributed by atoms with van der Waals surface area (Å²) in [6.07, 6.45) is 4.40. The van der Waals surface area contributed by atoms with Gasteiger partial charge >= 0.3 is 0 Å². The Kier molecular flexibility index (Phi) is 3.21. The minimum absolute atomic E-state index is 0.459. The highest BCUT2D eigenvalue weighted by Crippen LogP contribution is 2.36. The van der Waals surface area contributed by atoms with Gasteiger partial charge < -0.3 is 11.1 Å². The Morgan fingerprint density at radius 2 is 2.47 bits per heavy atom. The standard InChI is InChI=1S/C13H18FN3/c1-13(14)3-2-12-10(6-13)4-9(8-17-12)5-11(16)7-15/h4,11,17H,2-3,5-6,8,16H2,1H3. The van der Waals surface area contributed by atoms with E-state index in [1.807, 2.05) is 12.1 Å². The number of nitriles is 1. The number of dihydropyridines is 1. The van der Waals surface area contributed by atoms with E-state index in [9.17, 15) is 4.39 Å². The zero-order valence-corrected chi connectivity index (χ0v) is 10.1. The Balaban J connectivity index is 2.12. The van der Waals surface area contributed by atoms with Crippen molar-refractivity contribution in [3.05, 3.63) is 22.9 Å². The van der Waals surface area contributed by atoms with Crippen molar-refractivity contribution in [1.29, 1.82) is 5.26 Å². The molecule has 2 unspecified atom stereocenters. The molecule has 0 bridgehead atoms. The molecule has 0 saturated heterocycles. The maximum atomic E-state index is 13.9. The van der Waals surface area contributed by atoms with Gasteiger partial charge in [-0.25, -0.2) is 4.39 Å². The Bertz CT molecular complexity index is 415. The fourth-order valence-corrected chi connectivity index (χ4v) is 2.46. The molecule has 0 fully saturated rings. The molecule has 3 N–H and O–H groups in total.